The summed E-state index contributed by atoms with van der Waals surface area (Å²) in [5.41, 5.74) is 0.484. The number of amides is 2. The molecular weight excluding hydrogens is 271 g/mol. The van der Waals surface area contributed by atoms with Crippen molar-refractivity contribution in [3.8, 4) is 0 Å². The quantitative estimate of drug-likeness (QED) is 0.670. The summed E-state index contributed by atoms with van der Waals surface area (Å²) in [5, 5.41) is 21.2. The summed E-state index contributed by atoms with van der Waals surface area (Å²) in [6.45, 7) is 2.08. The molecule has 0 unspecified atom stereocenters. The van der Waals surface area contributed by atoms with Gasteiger partial charge in [0.25, 0.3) is 5.91 Å². The van der Waals surface area contributed by atoms with Crippen LogP contribution in [0.4, 0.5) is 0 Å². The number of nitrogens with one attached hydrogen (secondary N) is 1. The lowest BCUT2D eigenvalue weighted by molar-refractivity contribution is -0.132. The standard InChI is InChI=1S/C14H19BN2O4/c1-10(16-13(18)11-6-3-2-4-7-11)14(19)17-9-5-8-12(17)15(20)21/h2-4,6-7,10,12,20-21H,5,8-9H2,1H3,(H,16,18)/t10-,12+/m1/s1. The van der Waals surface area contributed by atoms with Crippen molar-refractivity contribution in [2.75, 3.05) is 6.54 Å². The van der Waals surface area contributed by atoms with Crippen molar-refractivity contribution in [3.63, 3.8) is 0 Å². The molecule has 0 bridgehead atoms. The molecule has 2 rings (SSSR count). The Hall–Kier alpha value is -1.86. The molecule has 112 valence electrons. The molecule has 0 radical (unpaired) electrons. The van der Waals surface area contributed by atoms with Crippen LogP contribution >= 0.6 is 0 Å². The summed E-state index contributed by atoms with van der Waals surface area (Å²) in [6, 6.07) is 7.94. The zero-order chi connectivity index (χ0) is 15.4. The number of benzene rings is 1. The van der Waals surface area contributed by atoms with Crippen molar-refractivity contribution in [1.82, 2.24) is 10.2 Å². The second kappa shape index (κ2) is 6.73. The van der Waals surface area contributed by atoms with Gasteiger partial charge in [-0.15, -0.1) is 0 Å². The van der Waals surface area contributed by atoms with E-state index in [0.717, 1.165) is 6.42 Å². The normalized spacial score (nSPS) is 19.2. The molecule has 3 N–H and O–H groups in total. The van der Waals surface area contributed by atoms with E-state index < -0.39 is 19.1 Å². The van der Waals surface area contributed by atoms with Gasteiger partial charge in [0.05, 0.1) is 5.94 Å². The number of rotatable bonds is 4. The van der Waals surface area contributed by atoms with Crippen LogP contribution in [0.2, 0.25) is 0 Å². The first-order valence-electron chi connectivity index (χ1n) is 7.03. The second-order valence-electron chi connectivity index (χ2n) is 5.22. The van der Waals surface area contributed by atoms with E-state index in [9.17, 15) is 19.6 Å². The smallest absolute Gasteiger partial charge is 0.426 e. The fourth-order valence-electron chi connectivity index (χ4n) is 2.56. The van der Waals surface area contributed by atoms with Gasteiger partial charge in [-0.1, -0.05) is 18.2 Å². The zero-order valence-electron chi connectivity index (χ0n) is 11.9. The van der Waals surface area contributed by atoms with Gasteiger partial charge in [0.2, 0.25) is 5.91 Å². The van der Waals surface area contributed by atoms with E-state index in [0.29, 0.717) is 18.5 Å². The van der Waals surface area contributed by atoms with E-state index in [4.69, 9.17) is 0 Å². The highest BCUT2D eigenvalue weighted by Crippen LogP contribution is 2.19. The third kappa shape index (κ3) is 3.62. The highest BCUT2D eigenvalue weighted by Gasteiger charge is 2.38. The second-order valence-corrected chi connectivity index (χ2v) is 5.22. The van der Waals surface area contributed by atoms with Gasteiger partial charge in [0, 0.05) is 12.1 Å². The molecule has 1 saturated heterocycles. The van der Waals surface area contributed by atoms with E-state index in [1.54, 1.807) is 31.2 Å². The summed E-state index contributed by atoms with van der Waals surface area (Å²) in [4.78, 5) is 25.8. The molecule has 0 saturated carbocycles. The molecule has 1 aromatic carbocycles. The van der Waals surface area contributed by atoms with E-state index in [-0.39, 0.29) is 11.8 Å². The lowest BCUT2D eigenvalue weighted by atomic mass is 9.78. The predicted octanol–water partition coefficient (Wildman–Crippen LogP) is -0.192. The van der Waals surface area contributed by atoms with E-state index in [1.165, 1.54) is 4.90 Å². The largest absolute Gasteiger partial charge is 0.475 e. The average Bonchev–Trinajstić information content (AvgIpc) is 2.96. The van der Waals surface area contributed by atoms with Crippen LogP contribution in [0.1, 0.15) is 30.1 Å². The van der Waals surface area contributed by atoms with E-state index >= 15 is 0 Å². The Balaban J connectivity index is 1.98. The van der Waals surface area contributed by atoms with Crippen LogP contribution in [0.3, 0.4) is 0 Å². The molecule has 6 nitrogen and oxygen atoms in total. The van der Waals surface area contributed by atoms with Gasteiger partial charge in [-0.25, -0.2) is 0 Å². The summed E-state index contributed by atoms with van der Waals surface area (Å²) >= 11 is 0. The minimum atomic E-state index is -1.55. The topological polar surface area (TPSA) is 89.9 Å². The monoisotopic (exact) mass is 290 g/mol. The first kappa shape index (κ1) is 15.5. The van der Waals surface area contributed by atoms with Gasteiger partial charge in [0.15, 0.2) is 0 Å². The molecule has 0 aromatic heterocycles. The number of hydrogen-bond acceptors (Lipinski definition) is 4. The first-order valence-corrected chi connectivity index (χ1v) is 7.03. The number of carbonyl (C=O) groups excluding carboxylic acids is 2. The number of hydrogen-bond donors (Lipinski definition) is 3. The molecular formula is C14H19BN2O4. The molecule has 0 aliphatic carbocycles. The third-order valence-electron chi connectivity index (χ3n) is 3.68. The lowest BCUT2D eigenvalue weighted by Crippen LogP contribution is -2.52. The van der Waals surface area contributed by atoms with Gasteiger partial charge in [0.1, 0.15) is 6.04 Å². The summed E-state index contributed by atoms with van der Waals surface area (Å²) in [7, 11) is -1.55. The Morgan fingerprint density at radius 3 is 2.62 bits per heavy atom. The molecule has 2 amide bonds. The van der Waals surface area contributed by atoms with Crippen molar-refractivity contribution in [3.05, 3.63) is 35.9 Å². The minimum Gasteiger partial charge on any atom is -0.426 e. The van der Waals surface area contributed by atoms with Crippen molar-refractivity contribution >= 4 is 18.9 Å². The predicted molar refractivity (Wildman–Crippen MR) is 78.3 cm³/mol. The van der Waals surface area contributed by atoms with Crippen LogP contribution in [0.15, 0.2) is 30.3 Å². The maximum absolute atomic E-state index is 12.3. The van der Waals surface area contributed by atoms with Crippen LogP contribution in [-0.4, -0.2) is 52.4 Å². The van der Waals surface area contributed by atoms with Crippen LogP contribution in [-0.2, 0) is 4.79 Å². The van der Waals surface area contributed by atoms with Crippen LogP contribution < -0.4 is 5.32 Å². The summed E-state index contributed by atoms with van der Waals surface area (Å²) < 4.78 is 0. The third-order valence-corrected chi connectivity index (χ3v) is 3.68. The van der Waals surface area contributed by atoms with Crippen molar-refractivity contribution in [2.24, 2.45) is 0 Å². The fraction of sp³-hybridized carbons (Fsp3) is 0.429. The molecule has 1 aliphatic heterocycles. The van der Waals surface area contributed by atoms with Crippen molar-refractivity contribution in [1.29, 1.82) is 0 Å². The molecule has 1 heterocycles. The van der Waals surface area contributed by atoms with Crippen LogP contribution in [0.25, 0.3) is 0 Å². The fourth-order valence-corrected chi connectivity index (χ4v) is 2.56. The van der Waals surface area contributed by atoms with Gasteiger partial charge in [-0.2, -0.15) is 0 Å². The Morgan fingerprint density at radius 2 is 2.00 bits per heavy atom. The average molecular weight is 290 g/mol. The minimum absolute atomic E-state index is 0.296. The zero-order valence-corrected chi connectivity index (χ0v) is 11.9. The van der Waals surface area contributed by atoms with Crippen molar-refractivity contribution < 1.29 is 19.6 Å². The van der Waals surface area contributed by atoms with E-state index in [2.05, 4.69) is 5.32 Å². The molecule has 7 heteroatoms. The Morgan fingerprint density at radius 1 is 1.33 bits per heavy atom. The van der Waals surface area contributed by atoms with Gasteiger partial charge in [-0.3, -0.25) is 9.59 Å². The highest BCUT2D eigenvalue weighted by molar-refractivity contribution is 6.43. The first-order chi connectivity index (χ1) is 10.0. The Kier molecular flexibility index (Phi) is 4.98. The number of carbonyl (C=O) groups is 2. The molecule has 1 aromatic rings. The highest BCUT2D eigenvalue weighted by atomic mass is 16.4. The Bertz CT molecular complexity index is 509. The van der Waals surface area contributed by atoms with Gasteiger partial charge >= 0.3 is 7.12 Å². The maximum Gasteiger partial charge on any atom is 0.475 e. The summed E-state index contributed by atoms with van der Waals surface area (Å²) in [6.07, 6.45) is 1.29. The molecule has 0 spiro atoms. The van der Waals surface area contributed by atoms with E-state index in [1.807, 2.05) is 6.07 Å². The van der Waals surface area contributed by atoms with Crippen molar-refractivity contribution in [2.45, 2.75) is 31.7 Å². The molecule has 2 atom stereocenters. The molecule has 1 fully saturated rings. The van der Waals surface area contributed by atoms with Crippen LogP contribution in [0, 0.1) is 0 Å². The lowest BCUT2D eigenvalue weighted by Gasteiger charge is -2.27. The molecule has 1 aliphatic rings. The molecule has 21 heavy (non-hydrogen) atoms. The Labute approximate surface area is 123 Å². The summed E-state index contributed by atoms with van der Waals surface area (Å²) in [5.74, 6) is -1.21. The number of nitrogens with zero attached hydrogens (tertiary/aromatic N) is 1. The van der Waals surface area contributed by atoms with Gasteiger partial charge < -0.3 is 20.3 Å². The van der Waals surface area contributed by atoms with Gasteiger partial charge in [-0.05, 0) is 31.9 Å². The SMILES string of the molecule is C[C@@H](NC(=O)c1ccccc1)C(=O)N1CCC[C@H]1B(O)O. The maximum atomic E-state index is 12.3. The van der Waals surface area contributed by atoms with Crippen LogP contribution in [0.5, 0.6) is 0 Å². The number of likely N-dealkylation sites (tertiary alicyclic amines) is 1.